The van der Waals surface area contributed by atoms with Gasteiger partial charge in [0.05, 0.1) is 11.4 Å². The Morgan fingerprint density at radius 1 is 1.11 bits per heavy atom. The lowest BCUT2D eigenvalue weighted by Crippen LogP contribution is -2.61. The van der Waals surface area contributed by atoms with Gasteiger partial charge in [0.2, 0.25) is 0 Å². The first-order chi connectivity index (χ1) is 13.1. The maximum absolute atomic E-state index is 13.8. The van der Waals surface area contributed by atoms with E-state index in [1.165, 1.54) is 17.7 Å². The van der Waals surface area contributed by atoms with E-state index >= 15 is 0 Å². The van der Waals surface area contributed by atoms with Crippen LogP contribution in [0.5, 0.6) is 0 Å². The van der Waals surface area contributed by atoms with Gasteiger partial charge < -0.3 is 4.90 Å². The molecule has 0 N–H and O–H groups in total. The van der Waals surface area contributed by atoms with Gasteiger partial charge in [-0.2, -0.15) is 10.1 Å². The minimum Gasteiger partial charge on any atom is -0.367 e. The molecule has 0 radical (unpaired) electrons. The highest BCUT2D eigenvalue weighted by Crippen LogP contribution is 2.49. The molecule has 5 rings (SSSR count). The van der Waals surface area contributed by atoms with Crippen LogP contribution in [0.2, 0.25) is 5.02 Å². The number of anilines is 2. The normalized spacial score (nSPS) is 26.8. The summed E-state index contributed by atoms with van der Waals surface area (Å²) in [5, 5.41) is 6.99. The Labute approximate surface area is 164 Å². The van der Waals surface area contributed by atoms with E-state index in [0.29, 0.717) is 5.02 Å². The van der Waals surface area contributed by atoms with Crippen molar-refractivity contribution >= 4 is 34.6 Å². The predicted molar refractivity (Wildman–Crippen MR) is 110 cm³/mol. The second kappa shape index (κ2) is 6.10. The standard InChI is InChI=1S/C22H22ClN3O/c1-15-22(21(27)26(24-15)18-11-9-17(23)10-12-18)14-16-6-2-3-7-19(16)25-13-5-4-8-20(22)25/h2-3,6-7,9-12,20H,4-5,8,13-14H2,1H3. The fourth-order valence-electron chi connectivity index (χ4n) is 5.06. The van der Waals surface area contributed by atoms with Crippen molar-refractivity contribution in [2.24, 2.45) is 10.5 Å². The Hall–Kier alpha value is -2.33. The lowest BCUT2D eigenvalue weighted by Gasteiger charge is -2.51. The first-order valence-corrected chi connectivity index (χ1v) is 9.99. The van der Waals surface area contributed by atoms with Crippen LogP contribution >= 0.6 is 11.6 Å². The molecule has 3 aliphatic heterocycles. The second-order valence-corrected chi connectivity index (χ2v) is 8.20. The number of carbonyl (C=O) groups is 1. The number of nitrogens with zero attached hydrogens (tertiary/aromatic N) is 3. The average Bonchev–Trinajstić information content (AvgIpc) is 2.94. The molecule has 0 aliphatic carbocycles. The molecule has 2 atom stereocenters. The van der Waals surface area contributed by atoms with E-state index in [0.717, 1.165) is 37.2 Å². The Bertz CT molecular complexity index is 939. The number of halogens is 1. The molecule has 0 bridgehead atoms. The minimum absolute atomic E-state index is 0.0914. The molecule has 2 aromatic rings. The molecule has 4 nitrogen and oxygen atoms in total. The summed E-state index contributed by atoms with van der Waals surface area (Å²) in [5.74, 6) is 0.0914. The Balaban J connectivity index is 1.62. The van der Waals surface area contributed by atoms with Crippen LogP contribution < -0.4 is 9.91 Å². The van der Waals surface area contributed by atoms with E-state index in [1.54, 1.807) is 5.01 Å². The van der Waals surface area contributed by atoms with Crippen LogP contribution in [0.3, 0.4) is 0 Å². The number of piperidine rings is 1. The van der Waals surface area contributed by atoms with Gasteiger partial charge in [-0.3, -0.25) is 4.79 Å². The molecule has 3 heterocycles. The van der Waals surface area contributed by atoms with Gasteiger partial charge in [0, 0.05) is 23.3 Å². The topological polar surface area (TPSA) is 35.9 Å². The molecule has 2 aromatic carbocycles. The molecule has 0 aromatic heterocycles. The highest BCUT2D eigenvalue weighted by molar-refractivity contribution is 6.30. The monoisotopic (exact) mass is 379 g/mol. The van der Waals surface area contributed by atoms with Crippen LogP contribution in [0.15, 0.2) is 53.6 Å². The van der Waals surface area contributed by atoms with Crippen molar-refractivity contribution in [2.75, 3.05) is 16.5 Å². The van der Waals surface area contributed by atoms with E-state index in [9.17, 15) is 4.79 Å². The van der Waals surface area contributed by atoms with Gasteiger partial charge in [-0.15, -0.1) is 0 Å². The third-order valence-electron chi connectivity index (χ3n) is 6.38. The number of hydrogen-bond acceptors (Lipinski definition) is 3. The van der Waals surface area contributed by atoms with Crippen LogP contribution in [0.4, 0.5) is 11.4 Å². The fourth-order valence-corrected chi connectivity index (χ4v) is 5.19. The maximum Gasteiger partial charge on any atom is 0.261 e. The zero-order valence-corrected chi connectivity index (χ0v) is 16.1. The fraction of sp³-hybridized carbons (Fsp3) is 0.364. The van der Waals surface area contributed by atoms with Crippen molar-refractivity contribution in [3.8, 4) is 0 Å². The lowest BCUT2D eigenvalue weighted by molar-refractivity contribution is -0.125. The summed E-state index contributed by atoms with van der Waals surface area (Å²) in [5.41, 5.74) is 3.67. The van der Waals surface area contributed by atoms with Crippen molar-refractivity contribution in [1.82, 2.24) is 0 Å². The quantitative estimate of drug-likeness (QED) is 0.722. The molecular weight excluding hydrogens is 358 g/mol. The SMILES string of the molecule is CC1=NN(c2ccc(Cl)cc2)C(=O)C12Cc1ccccc1N1CCCCC12. The molecule has 3 aliphatic rings. The van der Waals surface area contributed by atoms with Gasteiger partial charge in [-0.25, -0.2) is 0 Å². The van der Waals surface area contributed by atoms with Crippen LogP contribution in [-0.4, -0.2) is 24.2 Å². The van der Waals surface area contributed by atoms with Gasteiger partial charge in [-0.05, 0) is 68.5 Å². The molecule has 1 amide bonds. The van der Waals surface area contributed by atoms with E-state index < -0.39 is 5.41 Å². The molecule has 1 fully saturated rings. The molecule has 27 heavy (non-hydrogen) atoms. The van der Waals surface area contributed by atoms with Gasteiger partial charge in [0.1, 0.15) is 5.41 Å². The minimum atomic E-state index is -0.575. The van der Waals surface area contributed by atoms with Gasteiger partial charge in [0.15, 0.2) is 0 Å². The van der Waals surface area contributed by atoms with Crippen LogP contribution in [0, 0.1) is 5.41 Å². The molecule has 1 spiro atoms. The summed E-state index contributed by atoms with van der Waals surface area (Å²) in [6, 6.07) is 16.1. The number of para-hydroxylation sites is 1. The third kappa shape index (κ3) is 2.36. The number of benzene rings is 2. The number of hydrazone groups is 1. The Kier molecular flexibility index (Phi) is 3.80. The molecule has 138 valence electrons. The average molecular weight is 380 g/mol. The lowest BCUT2D eigenvalue weighted by atomic mass is 9.66. The van der Waals surface area contributed by atoms with Crippen molar-refractivity contribution in [3.05, 3.63) is 59.1 Å². The van der Waals surface area contributed by atoms with Crippen molar-refractivity contribution < 1.29 is 4.79 Å². The largest absolute Gasteiger partial charge is 0.367 e. The number of amides is 1. The highest BCUT2D eigenvalue weighted by atomic mass is 35.5. The highest BCUT2D eigenvalue weighted by Gasteiger charge is 2.58. The van der Waals surface area contributed by atoms with Gasteiger partial charge in [-0.1, -0.05) is 29.8 Å². The van der Waals surface area contributed by atoms with Crippen molar-refractivity contribution in [3.63, 3.8) is 0 Å². The summed E-state index contributed by atoms with van der Waals surface area (Å²) >= 11 is 6.03. The molecule has 5 heteroatoms. The summed E-state index contributed by atoms with van der Waals surface area (Å²) in [4.78, 5) is 16.3. The number of hydrogen-bond donors (Lipinski definition) is 0. The first-order valence-electron chi connectivity index (χ1n) is 9.61. The van der Waals surface area contributed by atoms with E-state index in [-0.39, 0.29) is 11.9 Å². The molecule has 1 saturated heterocycles. The number of fused-ring (bicyclic) bond motifs is 4. The zero-order valence-electron chi connectivity index (χ0n) is 15.4. The molecule has 2 unspecified atom stereocenters. The van der Waals surface area contributed by atoms with Crippen LogP contribution in [0.1, 0.15) is 31.7 Å². The molecular formula is C22H22ClN3O. The van der Waals surface area contributed by atoms with Crippen molar-refractivity contribution in [2.45, 2.75) is 38.6 Å². The van der Waals surface area contributed by atoms with Crippen LogP contribution in [-0.2, 0) is 11.2 Å². The molecule has 0 saturated carbocycles. The number of rotatable bonds is 1. The zero-order chi connectivity index (χ0) is 18.6. The van der Waals surface area contributed by atoms with Gasteiger partial charge >= 0.3 is 0 Å². The summed E-state index contributed by atoms with van der Waals surface area (Å²) < 4.78 is 0. The second-order valence-electron chi connectivity index (χ2n) is 7.76. The summed E-state index contributed by atoms with van der Waals surface area (Å²) in [6.07, 6.45) is 4.09. The number of carbonyl (C=O) groups excluding carboxylic acids is 1. The third-order valence-corrected chi connectivity index (χ3v) is 6.63. The van der Waals surface area contributed by atoms with E-state index in [2.05, 4.69) is 29.2 Å². The first kappa shape index (κ1) is 16.8. The predicted octanol–water partition coefficient (Wildman–Crippen LogP) is 4.66. The maximum atomic E-state index is 13.8. The Morgan fingerprint density at radius 2 is 1.89 bits per heavy atom. The van der Waals surface area contributed by atoms with Crippen molar-refractivity contribution in [1.29, 1.82) is 0 Å². The van der Waals surface area contributed by atoms with E-state index in [4.69, 9.17) is 16.7 Å². The van der Waals surface area contributed by atoms with Crippen LogP contribution in [0.25, 0.3) is 0 Å². The summed E-state index contributed by atoms with van der Waals surface area (Å²) in [7, 11) is 0. The van der Waals surface area contributed by atoms with E-state index in [1.807, 2.05) is 31.2 Å². The Morgan fingerprint density at radius 3 is 2.70 bits per heavy atom. The summed E-state index contributed by atoms with van der Waals surface area (Å²) in [6.45, 7) is 3.03. The smallest absolute Gasteiger partial charge is 0.261 e. The van der Waals surface area contributed by atoms with Gasteiger partial charge in [0.25, 0.3) is 5.91 Å².